The minimum atomic E-state index is -0.156. The quantitative estimate of drug-likeness (QED) is 0.404. The summed E-state index contributed by atoms with van der Waals surface area (Å²) in [5, 5.41) is 3.56. The van der Waals surface area contributed by atoms with Gasteiger partial charge in [0, 0.05) is 53.9 Å². The van der Waals surface area contributed by atoms with Gasteiger partial charge in [-0.05, 0) is 75.8 Å². The average molecular weight is 489 g/mol. The molecule has 0 radical (unpaired) electrons. The van der Waals surface area contributed by atoms with Crippen molar-refractivity contribution in [3.63, 3.8) is 0 Å². The van der Waals surface area contributed by atoms with Crippen LogP contribution in [0.1, 0.15) is 29.8 Å². The zero-order chi connectivity index (χ0) is 24.7. The molecular formula is C27H29ClN6O. The topological polar surface area (TPSA) is 77.2 Å². The van der Waals surface area contributed by atoms with E-state index >= 15 is 0 Å². The number of fused-ring (bicyclic) bond motifs is 1. The third-order valence-electron chi connectivity index (χ3n) is 6.94. The third kappa shape index (κ3) is 4.61. The molecule has 0 spiro atoms. The van der Waals surface area contributed by atoms with Crippen LogP contribution >= 0.6 is 11.6 Å². The first-order chi connectivity index (χ1) is 16.8. The molecule has 1 amide bonds. The van der Waals surface area contributed by atoms with Crippen LogP contribution in [0.25, 0.3) is 22.4 Å². The Labute approximate surface area is 210 Å². The van der Waals surface area contributed by atoms with Gasteiger partial charge >= 0.3 is 0 Å². The number of nitrogens with one attached hydrogen (secondary N) is 2. The smallest absolute Gasteiger partial charge is 0.255 e. The van der Waals surface area contributed by atoms with Gasteiger partial charge in [0.15, 0.2) is 0 Å². The van der Waals surface area contributed by atoms with E-state index < -0.39 is 0 Å². The number of amides is 1. The molecule has 8 heteroatoms. The van der Waals surface area contributed by atoms with Crippen LogP contribution in [0.5, 0.6) is 0 Å². The van der Waals surface area contributed by atoms with E-state index in [2.05, 4.69) is 57.0 Å². The number of H-pyrrole nitrogens is 1. The molecule has 1 saturated heterocycles. The number of carbonyl (C=O) groups excluding carboxylic acids is 1. The van der Waals surface area contributed by atoms with Crippen molar-refractivity contribution in [3.8, 4) is 11.4 Å². The number of likely N-dealkylation sites (N-methyl/N-ethyl adjacent to an activating group) is 1. The van der Waals surface area contributed by atoms with E-state index in [-0.39, 0.29) is 5.91 Å². The largest absolute Gasteiger partial charge is 0.368 e. The number of pyridine rings is 1. The van der Waals surface area contributed by atoms with Crippen LogP contribution in [-0.4, -0.2) is 58.0 Å². The predicted octanol–water partition coefficient (Wildman–Crippen LogP) is 5.37. The van der Waals surface area contributed by atoms with Gasteiger partial charge in [-0.15, -0.1) is 0 Å². The molecular weight excluding hydrogens is 460 g/mol. The van der Waals surface area contributed by atoms with E-state index in [0.717, 1.165) is 35.4 Å². The predicted molar refractivity (Wildman–Crippen MR) is 142 cm³/mol. The first-order valence-corrected chi connectivity index (χ1v) is 12.2. The molecule has 1 aliphatic heterocycles. The Morgan fingerprint density at radius 1 is 1.11 bits per heavy atom. The van der Waals surface area contributed by atoms with Gasteiger partial charge in [-0.3, -0.25) is 14.7 Å². The second-order valence-corrected chi connectivity index (χ2v) is 9.80. The number of hydrogen-bond donors (Lipinski definition) is 2. The maximum Gasteiger partial charge on any atom is 0.255 e. The highest BCUT2D eigenvalue weighted by Crippen LogP contribution is 2.31. The number of aryl methyl sites for hydroxylation is 1. The van der Waals surface area contributed by atoms with Crippen molar-refractivity contribution >= 4 is 39.9 Å². The van der Waals surface area contributed by atoms with Crippen molar-refractivity contribution in [1.29, 1.82) is 0 Å². The van der Waals surface area contributed by atoms with Crippen LogP contribution in [0, 0.1) is 6.92 Å². The maximum absolute atomic E-state index is 13.1. The minimum Gasteiger partial charge on any atom is -0.368 e. The average Bonchev–Trinajstić information content (AvgIpc) is 3.27. The van der Waals surface area contributed by atoms with Gasteiger partial charge in [0.2, 0.25) is 0 Å². The molecule has 4 aromatic rings. The highest BCUT2D eigenvalue weighted by molar-refractivity contribution is 6.33. The van der Waals surface area contributed by atoms with E-state index in [1.807, 2.05) is 31.2 Å². The molecule has 0 aliphatic carbocycles. The summed E-state index contributed by atoms with van der Waals surface area (Å²) >= 11 is 6.46. The number of aromatic amines is 1. The van der Waals surface area contributed by atoms with Gasteiger partial charge < -0.3 is 15.2 Å². The van der Waals surface area contributed by atoms with Gasteiger partial charge in [-0.1, -0.05) is 11.6 Å². The first-order valence-electron chi connectivity index (χ1n) is 11.8. The third-order valence-corrected chi connectivity index (χ3v) is 7.27. The molecule has 180 valence electrons. The Hall–Kier alpha value is -3.42. The lowest BCUT2D eigenvalue weighted by Crippen LogP contribution is -2.55. The molecule has 2 aromatic carbocycles. The summed E-state index contributed by atoms with van der Waals surface area (Å²) < 4.78 is 0. The summed E-state index contributed by atoms with van der Waals surface area (Å²) in [5.41, 5.74) is 5.74. The van der Waals surface area contributed by atoms with Crippen molar-refractivity contribution in [2.24, 2.45) is 0 Å². The first kappa shape index (κ1) is 23.3. The SMILES string of the molecule is Cc1cc(N2C[C@@H](C)N(C)[C@@H](C)C2)ccc1C(=O)Nc1ccc(Cl)c(-c2nc3ccncc3[nH]2)c1. The Balaban J connectivity index is 1.36. The fourth-order valence-corrected chi connectivity index (χ4v) is 4.89. The second-order valence-electron chi connectivity index (χ2n) is 9.39. The number of benzene rings is 2. The summed E-state index contributed by atoms with van der Waals surface area (Å²) in [6.45, 7) is 8.42. The molecule has 3 heterocycles. The van der Waals surface area contributed by atoms with Gasteiger partial charge in [0.1, 0.15) is 5.82 Å². The van der Waals surface area contributed by atoms with Crippen LogP contribution in [-0.2, 0) is 0 Å². The number of halogens is 1. The monoisotopic (exact) mass is 488 g/mol. The number of piperazine rings is 1. The molecule has 5 rings (SSSR count). The van der Waals surface area contributed by atoms with Gasteiger partial charge in [-0.2, -0.15) is 0 Å². The van der Waals surface area contributed by atoms with E-state index in [9.17, 15) is 4.79 Å². The Morgan fingerprint density at radius 3 is 2.60 bits per heavy atom. The van der Waals surface area contributed by atoms with Crippen LogP contribution in [0.4, 0.5) is 11.4 Å². The number of aromatic nitrogens is 3. The van der Waals surface area contributed by atoms with Crippen molar-refractivity contribution in [2.45, 2.75) is 32.9 Å². The Kier molecular flexibility index (Phi) is 6.21. The number of nitrogens with zero attached hydrogens (tertiary/aromatic N) is 4. The van der Waals surface area contributed by atoms with Crippen molar-refractivity contribution in [1.82, 2.24) is 19.9 Å². The maximum atomic E-state index is 13.1. The Bertz CT molecular complexity index is 1350. The fraction of sp³-hybridized carbons (Fsp3) is 0.296. The zero-order valence-electron chi connectivity index (χ0n) is 20.3. The van der Waals surface area contributed by atoms with Crippen LogP contribution in [0.15, 0.2) is 54.9 Å². The van der Waals surface area contributed by atoms with Crippen LogP contribution in [0.2, 0.25) is 5.02 Å². The molecule has 35 heavy (non-hydrogen) atoms. The van der Waals surface area contributed by atoms with E-state index in [0.29, 0.717) is 39.7 Å². The molecule has 7 nitrogen and oxygen atoms in total. The van der Waals surface area contributed by atoms with Crippen molar-refractivity contribution in [3.05, 3.63) is 71.0 Å². The van der Waals surface area contributed by atoms with Gasteiger partial charge in [-0.25, -0.2) is 4.98 Å². The van der Waals surface area contributed by atoms with Crippen LogP contribution < -0.4 is 10.2 Å². The molecule has 0 unspecified atom stereocenters. The van der Waals surface area contributed by atoms with Gasteiger partial charge in [0.25, 0.3) is 5.91 Å². The number of imidazole rings is 1. The molecule has 1 fully saturated rings. The van der Waals surface area contributed by atoms with E-state index in [1.165, 1.54) is 0 Å². The lowest BCUT2D eigenvalue weighted by Gasteiger charge is -2.43. The molecule has 1 aliphatic rings. The molecule has 0 bridgehead atoms. The molecule has 2 aromatic heterocycles. The molecule has 2 N–H and O–H groups in total. The second kappa shape index (κ2) is 9.32. The van der Waals surface area contributed by atoms with E-state index in [4.69, 9.17) is 11.6 Å². The normalized spacial score (nSPS) is 18.7. The van der Waals surface area contributed by atoms with Crippen LogP contribution in [0.3, 0.4) is 0 Å². The summed E-state index contributed by atoms with van der Waals surface area (Å²) in [6, 6.07) is 14.3. The number of hydrogen-bond acceptors (Lipinski definition) is 5. The number of anilines is 2. The molecule has 0 saturated carbocycles. The fourth-order valence-electron chi connectivity index (χ4n) is 4.68. The summed E-state index contributed by atoms with van der Waals surface area (Å²) in [6.07, 6.45) is 3.42. The Morgan fingerprint density at radius 2 is 1.89 bits per heavy atom. The highest BCUT2D eigenvalue weighted by Gasteiger charge is 2.27. The lowest BCUT2D eigenvalue weighted by molar-refractivity contribution is 0.102. The zero-order valence-corrected chi connectivity index (χ0v) is 21.1. The summed E-state index contributed by atoms with van der Waals surface area (Å²) in [7, 11) is 2.18. The minimum absolute atomic E-state index is 0.156. The number of rotatable bonds is 4. The number of carbonyl (C=O) groups is 1. The highest BCUT2D eigenvalue weighted by atomic mass is 35.5. The van der Waals surface area contributed by atoms with E-state index in [1.54, 1.807) is 24.5 Å². The van der Waals surface area contributed by atoms with Gasteiger partial charge in [0.05, 0.1) is 22.3 Å². The van der Waals surface area contributed by atoms with Crippen molar-refractivity contribution < 1.29 is 4.79 Å². The summed E-state index contributed by atoms with van der Waals surface area (Å²) in [4.78, 5) is 29.9. The van der Waals surface area contributed by atoms with Crippen molar-refractivity contribution in [2.75, 3.05) is 30.4 Å². The summed E-state index contributed by atoms with van der Waals surface area (Å²) in [5.74, 6) is 0.474. The molecule has 2 atom stereocenters. The standard InChI is InChI=1S/C27H29ClN6O/c1-16-11-20(34-14-17(2)33(4)18(3)15-34)6-7-21(16)27(35)30-19-5-8-23(28)22(12-19)26-31-24-9-10-29-13-25(24)32-26/h5-13,17-18H,14-15H2,1-4H3,(H,30,35)(H,31,32)/t17-,18+. The lowest BCUT2D eigenvalue weighted by atomic mass is 10.0.